The average molecular weight is 387 g/mol. The highest BCUT2D eigenvalue weighted by molar-refractivity contribution is 6.34. The van der Waals surface area contributed by atoms with E-state index < -0.39 is 0 Å². The number of oxazole rings is 1. The molecule has 6 N–H and O–H groups in total. The molecule has 0 bridgehead atoms. The second-order valence-electron chi connectivity index (χ2n) is 6.80. The summed E-state index contributed by atoms with van der Waals surface area (Å²) >= 11 is 6.50. The maximum atomic E-state index is 6.50. The first-order valence-corrected chi connectivity index (χ1v) is 8.81. The Morgan fingerprint density at radius 3 is 2.52 bits per heavy atom. The number of nitrogens with two attached hydrogens (primary N) is 3. The largest absolute Gasteiger partial charge is 0.424 e. The molecule has 27 heavy (non-hydrogen) atoms. The van der Waals surface area contributed by atoms with Crippen LogP contribution in [0.15, 0.2) is 16.5 Å². The third-order valence-electron chi connectivity index (χ3n) is 4.70. The van der Waals surface area contributed by atoms with Crippen LogP contribution in [0.4, 0.5) is 17.8 Å². The molecule has 4 aromatic rings. The summed E-state index contributed by atoms with van der Waals surface area (Å²) in [5.74, 6) is 0.645. The van der Waals surface area contributed by atoms with E-state index in [2.05, 4.69) is 35.7 Å². The van der Waals surface area contributed by atoms with Crippen molar-refractivity contribution in [3.63, 3.8) is 0 Å². The molecule has 0 spiro atoms. The summed E-state index contributed by atoms with van der Waals surface area (Å²) in [6.45, 7) is 6.25. The number of halogens is 1. The third kappa shape index (κ3) is 2.71. The van der Waals surface area contributed by atoms with Gasteiger partial charge in [0.25, 0.3) is 6.01 Å². The summed E-state index contributed by atoms with van der Waals surface area (Å²) in [7, 11) is 0. The first-order valence-electron chi connectivity index (χ1n) is 8.43. The highest BCUT2D eigenvalue weighted by Crippen LogP contribution is 2.38. The summed E-state index contributed by atoms with van der Waals surface area (Å²) in [6, 6.07) is 3.54. The van der Waals surface area contributed by atoms with E-state index in [1.165, 1.54) is 0 Å². The molecule has 0 radical (unpaired) electrons. The van der Waals surface area contributed by atoms with Crippen molar-refractivity contribution in [3.8, 4) is 11.3 Å². The minimum atomic E-state index is 0.0557. The van der Waals surface area contributed by atoms with E-state index in [1.807, 2.05) is 0 Å². The molecule has 0 aliphatic heterocycles. The molecular formula is C17H19ClN8O. The van der Waals surface area contributed by atoms with Gasteiger partial charge in [-0.05, 0) is 18.9 Å². The van der Waals surface area contributed by atoms with Crippen molar-refractivity contribution in [2.75, 3.05) is 17.2 Å². The molecule has 0 unspecified atom stereocenters. The fraction of sp³-hybridized carbons (Fsp3) is 0.294. The van der Waals surface area contributed by atoms with Gasteiger partial charge in [-0.1, -0.05) is 25.4 Å². The van der Waals surface area contributed by atoms with Crippen LogP contribution >= 0.6 is 11.6 Å². The Morgan fingerprint density at radius 1 is 1.07 bits per heavy atom. The molecule has 0 amide bonds. The molecule has 0 fully saturated rings. The lowest BCUT2D eigenvalue weighted by Gasteiger charge is -2.16. The zero-order chi connectivity index (χ0) is 19.5. The van der Waals surface area contributed by atoms with Crippen LogP contribution in [0.5, 0.6) is 0 Å². The third-order valence-corrected chi connectivity index (χ3v) is 5.01. The number of nitrogens with zero attached hydrogens (tertiary/aromatic N) is 5. The summed E-state index contributed by atoms with van der Waals surface area (Å²) in [5.41, 5.74) is 20.5. The smallest absolute Gasteiger partial charge is 0.292 e. The van der Waals surface area contributed by atoms with Crippen LogP contribution in [0.25, 0.3) is 33.4 Å². The van der Waals surface area contributed by atoms with E-state index in [4.69, 9.17) is 38.3 Å². The van der Waals surface area contributed by atoms with E-state index >= 15 is 0 Å². The van der Waals surface area contributed by atoms with Gasteiger partial charge in [0, 0.05) is 11.6 Å². The second kappa shape index (κ2) is 5.98. The zero-order valence-electron chi connectivity index (χ0n) is 15.1. The molecule has 140 valence electrons. The van der Waals surface area contributed by atoms with E-state index in [9.17, 15) is 0 Å². The van der Waals surface area contributed by atoms with Gasteiger partial charge in [0.05, 0.1) is 16.5 Å². The van der Waals surface area contributed by atoms with Crippen LogP contribution in [0.2, 0.25) is 5.02 Å². The van der Waals surface area contributed by atoms with Crippen molar-refractivity contribution < 1.29 is 4.42 Å². The van der Waals surface area contributed by atoms with Crippen LogP contribution in [-0.4, -0.2) is 24.7 Å². The minimum Gasteiger partial charge on any atom is -0.424 e. The lowest BCUT2D eigenvalue weighted by molar-refractivity contribution is 0.384. The number of nitrogen functional groups attached to an aromatic ring is 3. The Kier molecular flexibility index (Phi) is 3.84. The van der Waals surface area contributed by atoms with Gasteiger partial charge in [-0.2, -0.15) is 20.1 Å². The summed E-state index contributed by atoms with van der Waals surface area (Å²) in [4.78, 5) is 12.6. The quantitative estimate of drug-likeness (QED) is 0.485. The predicted octanol–water partition coefficient (Wildman–Crippen LogP) is 3.25. The Morgan fingerprint density at radius 2 is 1.81 bits per heavy atom. The van der Waals surface area contributed by atoms with Crippen molar-refractivity contribution in [3.05, 3.63) is 17.2 Å². The SMILES string of the molecule is CC(C)[C@H](C)n1nc(-c2cc3nc(N)oc3cc2Cl)c2c(N)nc(N)nc21. The van der Waals surface area contributed by atoms with Gasteiger partial charge in [-0.25, -0.2) is 4.68 Å². The van der Waals surface area contributed by atoms with E-state index in [0.29, 0.717) is 44.3 Å². The molecule has 1 aromatic carbocycles. The molecule has 0 aliphatic rings. The molecule has 10 heteroatoms. The highest BCUT2D eigenvalue weighted by atomic mass is 35.5. The molecule has 3 aromatic heterocycles. The topological polar surface area (TPSA) is 148 Å². The molecule has 3 heterocycles. The van der Waals surface area contributed by atoms with Gasteiger partial charge in [-0.3, -0.25) is 0 Å². The molecule has 0 aliphatic carbocycles. The van der Waals surface area contributed by atoms with Gasteiger partial charge in [0.2, 0.25) is 5.95 Å². The van der Waals surface area contributed by atoms with Gasteiger partial charge >= 0.3 is 0 Å². The maximum absolute atomic E-state index is 6.50. The average Bonchev–Trinajstić information content (AvgIpc) is 3.12. The predicted molar refractivity (Wildman–Crippen MR) is 106 cm³/mol. The molecule has 0 saturated heterocycles. The van der Waals surface area contributed by atoms with E-state index in [0.717, 1.165) is 0 Å². The summed E-state index contributed by atoms with van der Waals surface area (Å²) in [5, 5.41) is 5.78. The molecule has 4 rings (SSSR count). The van der Waals surface area contributed by atoms with Gasteiger partial charge < -0.3 is 21.6 Å². The first-order chi connectivity index (χ1) is 12.8. The number of hydrogen-bond donors (Lipinski definition) is 3. The van der Waals surface area contributed by atoms with Crippen molar-refractivity contribution in [1.29, 1.82) is 0 Å². The minimum absolute atomic E-state index is 0.0557. The highest BCUT2D eigenvalue weighted by Gasteiger charge is 2.24. The Bertz CT molecular complexity index is 1180. The molecular weight excluding hydrogens is 368 g/mol. The van der Waals surface area contributed by atoms with E-state index in [1.54, 1.807) is 16.8 Å². The maximum Gasteiger partial charge on any atom is 0.292 e. The standard InChI is InChI=1S/C17H19ClN8O/c1-6(2)7(3)26-15-12(14(19)23-16(20)24-15)13(25-26)8-4-10-11(5-9(8)18)27-17(21)22-10/h4-7H,1-3H3,(H2,21,22)(H4,19,20,23,24)/t7-/m0/s1. The number of rotatable bonds is 3. The normalized spacial score (nSPS) is 13.1. The van der Waals surface area contributed by atoms with Crippen LogP contribution in [0, 0.1) is 5.92 Å². The number of hydrogen-bond acceptors (Lipinski definition) is 8. The second-order valence-corrected chi connectivity index (χ2v) is 7.20. The van der Waals surface area contributed by atoms with Gasteiger partial charge in [-0.15, -0.1) is 0 Å². The number of anilines is 3. The number of benzene rings is 1. The Labute approximate surface area is 159 Å². The van der Waals surface area contributed by atoms with Crippen LogP contribution in [0.3, 0.4) is 0 Å². The fourth-order valence-corrected chi connectivity index (χ4v) is 3.23. The molecule has 9 nitrogen and oxygen atoms in total. The Hall–Kier alpha value is -3.07. The molecule has 1 atom stereocenters. The first kappa shape index (κ1) is 17.3. The van der Waals surface area contributed by atoms with Crippen LogP contribution < -0.4 is 17.2 Å². The lowest BCUT2D eigenvalue weighted by atomic mass is 10.1. The van der Waals surface area contributed by atoms with Gasteiger partial charge in [0.1, 0.15) is 17.0 Å². The lowest BCUT2D eigenvalue weighted by Crippen LogP contribution is -2.14. The van der Waals surface area contributed by atoms with E-state index in [-0.39, 0.29) is 23.8 Å². The van der Waals surface area contributed by atoms with Crippen LogP contribution in [0.1, 0.15) is 26.8 Å². The summed E-state index contributed by atoms with van der Waals surface area (Å²) in [6.07, 6.45) is 0. The van der Waals surface area contributed by atoms with Crippen LogP contribution in [-0.2, 0) is 0 Å². The zero-order valence-corrected chi connectivity index (χ0v) is 15.8. The monoisotopic (exact) mass is 386 g/mol. The number of fused-ring (bicyclic) bond motifs is 2. The van der Waals surface area contributed by atoms with Crippen molar-refractivity contribution in [2.45, 2.75) is 26.8 Å². The molecule has 0 saturated carbocycles. The van der Waals surface area contributed by atoms with Crippen molar-refractivity contribution in [1.82, 2.24) is 24.7 Å². The fourth-order valence-electron chi connectivity index (χ4n) is 2.98. The summed E-state index contributed by atoms with van der Waals surface area (Å²) < 4.78 is 7.14. The van der Waals surface area contributed by atoms with Crippen molar-refractivity contribution >= 4 is 51.5 Å². The number of aromatic nitrogens is 5. The van der Waals surface area contributed by atoms with Gasteiger partial charge in [0.15, 0.2) is 11.2 Å². The van der Waals surface area contributed by atoms with Crippen molar-refractivity contribution in [2.24, 2.45) is 5.92 Å². The Balaban J connectivity index is 2.06.